The van der Waals surface area contributed by atoms with Crippen LogP contribution in [0.4, 0.5) is 22.0 Å². The first-order valence-electron chi connectivity index (χ1n) is 9.17. The van der Waals surface area contributed by atoms with E-state index in [0.717, 1.165) is 32.7 Å². The Morgan fingerprint density at radius 1 is 1.17 bits per heavy atom. The summed E-state index contributed by atoms with van der Waals surface area (Å²) in [5, 5.41) is 7.78. The van der Waals surface area contributed by atoms with Crippen molar-refractivity contribution in [2.45, 2.75) is 38.4 Å². The molecule has 1 aromatic carbocycles. The van der Waals surface area contributed by atoms with Gasteiger partial charge in [0.15, 0.2) is 5.65 Å². The van der Waals surface area contributed by atoms with E-state index in [1.165, 1.54) is 10.9 Å². The van der Waals surface area contributed by atoms with Crippen LogP contribution in [0.25, 0.3) is 22.3 Å². The molecule has 4 rings (SSSR count). The van der Waals surface area contributed by atoms with Gasteiger partial charge in [0.1, 0.15) is 23.2 Å². The van der Waals surface area contributed by atoms with Crippen molar-refractivity contribution < 1.29 is 22.0 Å². The molecular formula is C19H18F5N5. The van der Waals surface area contributed by atoms with Crippen molar-refractivity contribution in [2.24, 2.45) is 7.05 Å². The lowest BCUT2D eigenvalue weighted by molar-refractivity contribution is -0.140. The van der Waals surface area contributed by atoms with E-state index in [4.69, 9.17) is 0 Å². The highest BCUT2D eigenvalue weighted by Crippen LogP contribution is 2.39. The first-order valence-corrected chi connectivity index (χ1v) is 9.17. The summed E-state index contributed by atoms with van der Waals surface area (Å²) in [6, 6.07) is 0.434. The zero-order valence-corrected chi connectivity index (χ0v) is 15.7. The Morgan fingerprint density at radius 2 is 1.93 bits per heavy atom. The van der Waals surface area contributed by atoms with Gasteiger partial charge in [0, 0.05) is 24.4 Å². The number of nitrogens with zero attached hydrogens (tertiary/aromatic N) is 4. The van der Waals surface area contributed by atoms with Gasteiger partial charge in [-0.15, -0.1) is 0 Å². The van der Waals surface area contributed by atoms with Crippen molar-refractivity contribution in [3.8, 4) is 11.3 Å². The van der Waals surface area contributed by atoms with E-state index in [2.05, 4.69) is 20.4 Å². The Labute approximate surface area is 163 Å². The highest BCUT2D eigenvalue weighted by atomic mass is 19.4. The summed E-state index contributed by atoms with van der Waals surface area (Å²) < 4.78 is 69.7. The number of rotatable bonds is 2. The molecule has 5 nitrogen and oxygen atoms in total. The van der Waals surface area contributed by atoms with E-state index in [1.54, 1.807) is 7.05 Å². The van der Waals surface area contributed by atoms with Crippen molar-refractivity contribution in [1.29, 1.82) is 0 Å². The summed E-state index contributed by atoms with van der Waals surface area (Å²) in [5.74, 6) is -2.16. The maximum Gasteiger partial charge on any atom is 0.419 e. The summed E-state index contributed by atoms with van der Waals surface area (Å²) >= 11 is 0. The number of hydrogen-bond acceptors (Lipinski definition) is 4. The summed E-state index contributed by atoms with van der Waals surface area (Å²) in [7, 11) is 1.57. The van der Waals surface area contributed by atoms with Crippen LogP contribution in [0.15, 0.2) is 12.3 Å². The fourth-order valence-corrected chi connectivity index (χ4v) is 3.64. The molecule has 1 atom stereocenters. The summed E-state index contributed by atoms with van der Waals surface area (Å²) in [4.78, 5) is 8.82. The minimum Gasteiger partial charge on any atom is -0.307 e. The lowest BCUT2D eigenvalue weighted by Gasteiger charge is -2.21. The van der Waals surface area contributed by atoms with Crippen molar-refractivity contribution in [2.75, 3.05) is 6.54 Å². The molecule has 29 heavy (non-hydrogen) atoms. The summed E-state index contributed by atoms with van der Waals surface area (Å²) in [5.41, 5.74) is -2.37. The predicted octanol–water partition coefficient (Wildman–Crippen LogP) is 4.45. The Bertz CT molecular complexity index is 1080. The number of benzene rings is 1. The van der Waals surface area contributed by atoms with Gasteiger partial charge in [-0.05, 0) is 32.4 Å². The molecule has 1 aliphatic heterocycles. The number of fused-ring (bicyclic) bond motifs is 1. The molecule has 154 valence electrons. The van der Waals surface area contributed by atoms with Crippen LogP contribution in [0.1, 0.15) is 42.3 Å². The maximum absolute atomic E-state index is 14.7. The molecule has 0 bridgehead atoms. The van der Waals surface area contributed by atoms with Crippen molar-refractivity contribution in [1.82, 2.24) is 25.1 Å². The minimum atomic E-state index is -4.96. The van der Waals surface area contributed by atoms with Gasteiger partial charge in [0.2, 0.25) is 0 Å². The minimum absolute atomic E-state index is 0.0202. The van der Waals surface area contributed by atoms with Gasteiger partial charge in [-0.2, -0.15) is 18.3 Å². The van der Waals surface area contributed by atoms with Gasteiger partial charge in [-0.3, -0.25) is 0 Å². The van der Waals surface area contributed by atoms with Gasteiger partial charge in [-0.1, -0.05) is 6.42 Å². The quantitative estimate of drug-likeness (QED) is 0.633. The normalized spacial score (nSPS) is 17.8. The first kappa shape index (κ1) is 19.7. The van der Waals surface area contributed by atoms with Crippen LogP contribution >= 0.6 is 0 Å². The van der Waals surface area contributed by atoms with Crippen LogP contribution < -0.4 is 5.32 Å². The van der Waals surface area contributed by atoms with Crippen LogP contribution in [-0.4, -0.2) is 26.3 Å². The van der Waals surface area contributed by atoms with Gasteiger partial charge in [0.25, 0.3) is 0 Å². The Balaban J connectivity index is 1.88. The first-order chi connectivity index (χ1) is 13.7. The lowest BCUT2D eigenvalue weighted by atomic mass is 10.0. The Hall–Kier alpha value is -2.62. The second-order valence-corrected chi connectivity index (χ2v) is 7.16. The van der Waals surface area contributed by atoms with Crippen LogP contribution in [0, 0.1) is 18.6 Å². The monoisotopic (exact) mass is 411 g/mol. The van der Waals surface area contributed by atoms with Crippen LogP contribution in [-0.2, 0) is 13.2 Å². The fraction of sp³-hybridized carbons (Fsp3) is 0.421. The van der Waals surface area contributed by atoms with Gasteiger partial charge >= 0.3 is 6.18 Å². The van der Waals surface area contributed by atoms with Crippen LogP contribution in [0.2, 0.25) is 0 Å². The standard InChI is InChI=1S/C19H18F5N5/c1-9-14(20)10(7-12(15(9)21)19(22,23)24)16-11-8-26-17(13-5-3-4-6-25-13)27-18(11)29(2)28-16/h7-8,13,25H,3-6H2,1-2H3. The van der Waals surface area contributed by atoms with Crippen molar-refractivity contribution in [3.05, 3.63) is 40.8 Å². The summed E-state index contributed by atoms with van der Waals surface area (Å²) in [6.07, 6.45) is -0.549. The van der Waals surface area contributed by atoms with Gasteiger partial charge in [0.05, 0.1) is 17.0 Å². The van der Waals surface area contributed by atoms with E-state index < -0.39 is 34.5 Å². The van der Waals surface area contributed by atoms with E-state index in [-0.39, 0.29) is 11.7 Å². The maximum atomic E-state index is 14.7. The average molecular weight is 411 g/mol. The molecule has 1 aliphatic rings. The average Bonchev–Trinajstić information content (AvgIpc) is 3.02. The molecule has 1 saturated heterocycles. The largest absolute Gasteiger partial charge is 0.419 e. The predicted molar refractivity (Wildman–Crippen MR) is 96.0 cm³/mol. The number of hydrogen-bond donors (Lipinski definition) is 1. The van der Waals surface area contributed by atoms with E-state index >= 15 is 0 Å². The molecule has 10 heteroatoms. The molecule has 1 N–H and O–H groups in total. The van der Waals surface area contributed by atoms with Crippen molar-refractivity contribution >= 4 is 11.0 Å². The highest BCUT2D eigenvalue weighted by Gasteiger charge is 2.37. The zero-order chi connectivity index (χ0) is 20.9. The number of piperidine rings is 1. The molecule has 3 heterocycles. The fourth-order valence-electron chi connectivity index (χ4n) is 3.64. The molecule has 0 saturated carbocycles. The molecule has 1 unspecified atom stereocenters. The van der Waals surface area contributed by atoms with Crippen molar-refractivity contribution in [3.63, 3.8) is 0 Å². The zero-order valence-electron chi connectivity index (χ0n) is 15.7. The molecule has 2 aromatic heterocycles. The second-order valence-electron chi connectivity index (χ2n) is 7.16. The summed E-state index contributed by atoms with van der Waals surface area (Å²) in [6.45, 7) is 1.82. The van der Waals surface area contributed by atoms with Crippen LogP contribution in [0.5, 0.6) is 0 Å². The molecular weight excluding hydrogens is 393 g/mol. The smallest absolute Gasteiger partial charge is 0.307 e. The third kappa shape index (κ3) is 3.35. The number of nitrogens with one attached hydrogen (secondary N) is 1. The molecule has 0 spiro atoms. The molecule has 1 fully saturated rings. The SMILES string of the molecule is Cc1c(F)c(-c2nn(C)c3nc(C4CCCCN4)ncc23)cc(C(F)(F)F)c1F. The molecule has 3 aromatic rings. The molecule has 0 amide bonds. The lowest BCUT2D eigenvalue weighted by Crippen LogP contribution is -2.28. The Kier molecular flexibility index (Phi) is 4.76. The van der Waals surface area contributed by atoms with E-state index in [1.807, 2.05) is 0 Å². The highest BCUT2D eigenvalue weighted by molar-refractivity contribution is 5.91. The van der Waals surface area contributed by atoms with E-state index in [0.29, 0.717) is 22.9 Å². The van der Waals surface area contributed by atoms with Gasteiger partial charge in [-0.25, -0.2) is 23.4 Å². The Morgan fingerprint density at radius 3 is 2.59 bits per heavy atom. The topological polar surface area (TPSA) is 55.6 Å². The third-order valence-corrected chi connectivity index (χ3v) is 5.20. The second kappa shape index (κ2) is 7.01. The number of halogens is 5. The molecule has 0 radical (unpaired) electrons. The van der Waals surface area contributed by atoms with Gasteiger partial charge < -0.3 is 5.32 Å². The van der Waals surface area contributed by atoms with Crippen LogP contribution in [0.3, 0.4) is 0 Å². The molecule has 0 aliphatic carbocycles. The number of aryl methyl sites for hydroxylation is 1. The number of alkyl halides is 3. The third-order valence-electron chi connectivity index (χ3n) is 5.20. The number of aromatic nitrogens is 4. The van der Waals surface area contributed by atoms with E-state index in [9.17, 15) is 22.0 Å².